The summed E-state index contributed by atoms with van der Waals surface area (Å²) < 4.78 is 0. The van der Waals surface area contributed by atoms with E-state index in [4.69, 9.17) is 5.26 Å². The Morgan fingerprint density at radius 1 is 1.41 bits per heavy atom. The smallest absolute Gasteiger partial charge is 0.224 e. The average molecular weight is 230 g/mol. The summed E-state index contributed by atoms with van der Waals surface area (Å²) in [5.41, 5.74) is 1.26. The molecule has 1 aliphatic carbocycles. The molecule has 90 valence electrons. The van der Waals surface area contributed by atoms with Crippen LogP contribution in [-0.2, 0) is 0 Å². The van der Waals surface area contributed by atoms with Crippen molar-refractivity contribution in [3.63, 3.8) is 0 Å². The van der Waals surface area contributed by atoms with Crippen LogP contribution in [0.15, 0.2) is 6.07 Å². The van der Waals surface area contributed by atoms with Crippen LogP contribution < -0.4 is 5.32 Å². The van der Waals surface area contributed by atoms with Gasteiger partial charge in [-0.15, -0.1) is 0 Å². The third-order valence-electron chi connectivity index (χ3n) is 3.43. The number of hydrogen-bond donors (Lipinski definition) is 1. The second-order valence-corrected chi connectivity index (χ2v) is 4.81. The maximum absolute atomic E-state index is 8.86. The molecule has 4 heteroatoms. The molecule has 1 aromatic heterocycles. The lowest BCUT2D eigenvalue weighted by atomic mass is 10.0. The lowest BCUT2D eigenvalue weighted by Gasteiger charge is -2.20. The number of hydrogen-bond acceptors (Lipinski definition) is 4. The molecule has 1 saturated carbocycles. The van der Waals surface area contributed by atoms with Crippen LogP contribution in [0.1, 0.15) is 44.0 Å². The molecule has 1 atom stereocenters. The predicted octanol–water partition coefficient (Wildman–Crippen LogP) is 2.65. The van der Waals surface area contributed by atoms with Crippen molar-refractivity contribution in [2.24, 2.45) is 5.92 Å². The van der Waals surface area contributed by atoms with Gasteiger partial charge in [0, 0.05) is 11.7 Å². The van der Waals surface area contributed by atoms with Crippen molar-refractivity contribution in [2.45, 2.75) is 45.6 Å². The first-order valence-electron chi connectivity index (χ1n) is 6.21. The van der Waals surface area contributed by atoms with Gasteiger partial charge in [-0.25, -0.2) is 9.97 Å². The van der Waals surface area contributed by atoms with Crippen molar-refractivity contribution in [1.29, 1.82) is 5.26 Å². The molecule has 2 rings (SSSR count). The predicted molar refractivity (Wildman–Crippen MR) is 66.5 cm³/mol. The molecule has 0 radical (unpaired) electrons. The maximum atomic E-state index is 8.86. The van der Waals surface area contributed by atoms with Crippen molar-refractivity contribution in [1.82, 2.24) is 9.97 Å². The normalized spacial score (nSPS) is 17.7. The highest BCUT2D eigenvalue weighted by Crippen LogP contribution is 2.28. The third kappa shape index (κ3) is 2.94. The van der Waals surface area contributed by atoms with E-state index in [1.807, 2.05) is 6.92 Å². The van der Waals surface area contributed by atoms with Crippen molar-refractivity contribution in [2.75, 3.05) is 5.32 Å². The summed E-state index contributed by atoms with van der Waals surface area (Å²) in [6.45, 7) is 4.06. The Morgan fingerprint density at radius 2 is 2.12 bits per heavy atom. The van der Waals surface area contributed by atoms with Crippen LogP contribution in [0.2, 0.25) is 0 Å². The van der Waals surface area contributed by atoms with E-state index in [1.54, 1.807) is 6.07 Å². The van der Waals surface area contributed by atoms with E-state index in [0.717, 1.165) is 5.69 Å². The molecule has 1 fully saturated rings. The molecule has 1 unspecified atom stereocenters. The highest BCUT2D eigenvalue weighted by atomic mass is 15.1. The molecule has 1 N–H and O–H groups in total. The van der Waals surface area contributed by atoms with Crippen molar-refractivity contribution >= 4 is 5.95 Å². The minimum absolute atomic E-state index is 0.380. The Kier molecular flexibility index (Phi) is 3.58. The summed E-state index contributed by atoms with van der Waals surface area (Å²) >= 11 is 0. The van der Waals surface area contributed by atoms with Gasteiger partial charge in [-0.1, -0.05) is 12.8 Å². The highest BCUT2D eigenvalue weighted by Gasteiger charge is 2.22. The number of nitriles is 1. The molecular weight excluding hydrogens is 212 g/mol. The number of nitrogens with one attached hydrogen (secondary N) is 1. The molecular formula is C13H18N4. The summed E-state index contributed by atoms with van der Waals surface area (Å²) in [4.78, 5) is 8.50. The first-order valence-corrected chi connectivity index (χ1v) is 6.21. The van der Waals surface area contributed by atoms with Gasteiger partial charge in [-0.3, -0.25) is 0 Å². The fourth-order valence-electron chi connectivity index (χ4n) is 2.47. The van der Waals surface area contributed by atoms with Gasteiger partial charge in [0.1, 0.15) is 11.8 Å². The maximum Gasteiger partial charge on any atom is 0.224 e. The highest BCUT2D eigenvalue weighted by molar-refractivity contribution is 5.33. The molecule has 1 heterocycles. The SMILES string of the molecule is Cc1cc(C#N)nc(NC(C)C2CCCC2)n1. The molecule has 1 aromatic rings. The summed E-state index contributed by atoms with van der Waals surface area (Å²) in [7, 11) is 0. The summed E-state index contributed by atoms with van der Waals surface area (Å²) in [5, 5.41) is 12.2. The molecule has 0 spiro atoms. The second kappa shape index (κ2) is 5.13. The van der Waals surface area contributed by atoms with Crippen LogP contribution in [0.25, 0.3) is 0 Å². The summed E-state index contributed by atoms with van der Waals surface area (Å²) in [6.07, 6.45) is 5.22. The second-order valence-electron chi connectivity index (χ2n) is 4.81. The van der Waals surface area contributed by atoms with Crippen LogP contribution in [-0.4, -0.2) is 16.0 Å². The first kappa shape index (κ1) is 11.8. The van der Waals surface area contributed by atoms with E-state index in [2.05, 4.69) is 28.3 Å². The van der Waals surface area contributed by atoms with E-state index in [0.29, 0.717) is 23.6 Å². The lowest BCUT2D eigenvalue weighted by Crippen LogP contribution is -2.25. The first-order chi connectivity index (χ1) is 8.19. The molecule has 0 bridgehead atoms. The molecule has 1 aliphatic rings. The van der Waals surface area contributed by atoms with Gasteiger partial charge in [0.15, 0.2) is 0 Å². The van der Waals surface area contributed by atoms with Crippen molar-refractivity contribution in [3.8, 4) is 6.07 Å². The van der Waals surface area contributed by atoms with Crippen LogP contribution in [0.5, 0.6) is 0 Å². The van der Waals surface area contributed by atoms with E-state index < -0.39 is 0 Å². The number of aromatic nitrogens is 2. The standard InChI is InChI=1S/C13H18N4/c1-9-7-12(8-14)17-13(15-9)16-10(2)11-5-3-4-6-11/h7,10-11H,3-6H2,1-2H3,(H,15,16,17). The molecule has 0 aromatic carbocycles. The third-order valence-corrected chi connectivity index (χ3v) is 3.43. The van der Waals surface area contributed by atoms with Gasteiger partial charge in [0.25, 0.3) is 0 Å². The largest absolute Gasteiger partial charge is 0.351 e. The Hall–Kier alpha value is -1.63. The Bertz CT molecular complexity index is 430. The lowest BCUT2D eigenvalue weighted by molar-refractivity contribution is 0.480. The Morgan fingerprint density at radius 3 is 2.76 bits per heavy atom. The Labute approximate surface area is 102 Å². The topological polar surface area (TPSA) is 61.6 Å². The molecule has 0 saturated heterocycles. The van der Waals surface area contributed by atoms with E-state index in [9.17, 15) is 0 Å². The molecule has 4 nitrogen and oxygen atoms in total. The fourth-order valence-corrected chi connectivity index (χ4v) is 2.47. The summed E-state index contributed by atoms with van der Waals surface area (Å²) in [5.74, 6) is 1.30. The van der Waals surface area contributed by atoms with Gasteiger partial charge in [0.2, 0.25) is 5.95 Å². The van der Waals surface area contributed by atoms with Crippen LogP contribution in [0.3, 0.4) is 0 Å². The van der Waals surface area contributed by atoms with Gasteiger partial charge >= 0.3 is 0 Å². The molecule has 0 amide bonds. The summed E-state index contributed by atoms with van der Waals surface area (Å²) in [6, 6.07) is 4.14. The van der Waals surface area contributed by atoms with Crippen LogP contribution in [0, 0.1) is 24.2 Å². The zero-order valence-electron chi connectivity index (χ0n) is 10.4. The van der Waals surface area contributed by atoms with Gasteiger partial charge in [0.05, 0.1) is 0 Å². The minimum atomic E-state index is 0.380. The van der Waals surface area contributed by atoms with E-state index in [-0.39, 0.29) is 0 Å². The molecule has 0 aliphatic heterocycles. The number of anilines is 1. The number of nitrogens with zero attached hydrogens (tertiary/aromatic N) is 3. The number of aryl methyl sites for hydroxylation is 1. The average Bonchev–Trinajstić information content (AvgIpc) is 2.81. The number of rotatable bonds is 3. The molecule has 17 heavy (non-hydrogen) atoms. The minimum Gasteiger partial charge on any atom is -0.351 e. The van der Waals surface area contributed by atoms with Crippen LogP contribution in [0.4, 0.5) is 5.95 Å². The van der Waals surface area contributed by atoms with Crippen LogP contribution >= 0.6 is 0 Å². The quantitative estimate of drug-likeness (QED) is 0.867. The van der Waals surface area contributed by atoms with Crippen molar-refractivity contribution in [3.05, 3.63) is 17.5 Å². The van der Waals surface area contributed by atoms with Gasteiger partial charge in [-0.2, -0.15) is 5.26 Å². The zero-order valence-corrected chi connectivity index (χ0v) is 10.4. The zero-order chi connectivity index (χ0) is 12.3. The van der Waals surface area contributed by atoms with E-state index in [1.165, 1.54) is 25.7 Å². The van der Waals surface area contributed by atoms with Gasteiger partial charge in [-0.05, 0) is 38.7 Å². The fraction of sp³-hybridized carbons (Fsp3) is 0.615. The van der Waals surface area contributed by atoms with E-state index >= 15 is 0 Å². The van der Waals surface area contributed by atoms with Gasteiger partial charge < -0.3 is 5.32 Å². The van der Waals surface area contributed by atoms with Crippen molar-refractivity contribution < 1.29 is 0 Å². The monoisotopic (exact) mass is 230 g/mol. The Balaban J connectivity index is 2.07.